The molecule has 1 amide bonds. The molecular formula is C10H12N2O3. The molecule has 0 aliphatic heterocycles. The van der Waals surface area contributed by atoms with Crippen LogP contribution in [0.25, 0.3) is 0 Å². The number of methoxy groups -OCH3 is 1. The van der Waals surface area contributed by atoms with Crippen LogP contribution in [0.3, 0.4) is 0 Å². The zero-order valence-electron chi connectivity index (χ0n) is 8.52. The predicted molar refractivity (Wildman–Crippen MR) is 56.5 cm³/mol. The molecule has 0 atom stereocenters. The van der Waals surface area contributed by atoms with Gasteiger partial charge >= 0.3 is 0 Å². The van der Waals surface area contributed by atoms with Crippen molar-refractivity contribution in [2.75, 3.05) is 12.4 Å². The molecule has 2 N–H and O–H groups in total. The lowest BCUT2D eigenvalue weighted by molar-refractivity contribution is -0.110. The van der Waals surface area contributed by atoms with E-state index in [9.17, 15) is 4.79 Å². The third kappa shape index (κ3) is 2.98. The van der Waals surface area contributed by atoms with Crippen molar-refractivity contribution in [2.24, 2.45) is 5.16 Å². The normalized spacial score (nSPS) is 10.9. The van der Waals surface area contributed by atoms with Crippen LogP contribution in [-0.4, -0.2) is 23.9 Å². The van der Waals surface area contributed by atoms with E-state index < -0.39 is 5.91 Å². The Kier molecular flexibility index (Phi) is 3.68. The Bertz CT molecular complexity index is 371. The van der Waals surface area contributed by atoms with Gasteiger partial charge in [-0.25, -0.2) is 0 Å². The second kappa shape index (κ2) is 4.99. The van der Waals surface area contributed by atoms with Crippen molar-refractivity contribution in [3.63, 3.8) is 0 Å². The molecule has 0 aliphatic rings. The minimum Gasteiger partial charge on any atom is -0.497 e. The summed E-state index contributed by atoms with van der Waals surface area (Å²) in [5, 5.41) is 13.7. The minimum atomic E-state index is -0.442. The molecule has 0 unspecified atom stereocenters. The first-order valence-electron chi connectivity index (χ1n) is 4.31. The lowest BCUT2D eigenvalue weighted by Crippen LogP contribution is -2.19. The highest BCUT2D eigenvalue weighted by molar-refractivity contribution is 6.42. The largest absolute Gasteiger partial charge is 0.497 e. The molecule has 0 bridgehead atoms. The summed E-state index contributed by atoms with van der Waals surface area (Å²) in [5.41, 5.74) is 0.620. The molecule has 0 fully saturated rings. The van der Waals surface area contributed by atoms with Gasteiger partial charge < -0.3 is 15.3 Å². The number of ether oxygens (including phenoxy) is 1. The maximum absolute atomic E-state index is 11.3. The monoisotopic (exact) mass is 208 g/mol. The van der Waals surface area contributed by atoms with Crippen molar-refractivity contribution in [1.82, 2.24) is 0 Å². The van der Waals surface area contributed by atoms with Gasteiger partial charge in [-0.2, -0.15) is 0 Å². The zero-order valence-corrected chi connectivity index (χ0v) is 8.52. The molecule has 1 aromatic rings. The van der Waals surface area contributed by atoms with Crippen molar-refractivity contribution in [3.05, 3.63) is 24.3 Å². The number of benzene rings is 1. The molecule has 0 aliphatic carbocycles. The number of carbonyl (C=O) groups excluding carboxylic acids is 1. The lowest BCUT2D eigenvalue weighted by Gasteiger charge is -2.04. The number of nitrogens with one attached hydrogen (secondary N) is 1. The van der Waals surface area contributed by atoms with E-state index >= 15 is 0 Å². The van der Waals surface area contributed by atoms with Gasteiger partial charge in [-0.15, -0.1) is 0 Å². The van der Waals surface area contributed by atoms with Gasteiger partial charge in [0.25, 0.3) is 5.91 Å². The first-order chi connectivity index (χ1) is 7.17. The summed E-state index contributed by atoms with van der Waals surface area (Å²) in [6.07, 6.45) is 0. The summed E-state index contributed by atoms with van der Waals surface area (Å²) in [6.45, 7) is 1.42. The molecule has 1 rings (SSSR count). The highest BCUT2D eigenvalue weighted by atomic mass is 16.5. The number of hydrogen-bond donors (Lipinski definition) is 2. The van der Waals surface area contributed by atoms with Crippen molar-refractivity contribution in [1.29, 1.82) is 0 Å². The van der Waals surface area contributed by atoms with Gasteiger partial charge in [-0.3, -0.25) is 4.79 Å². The molecule has 0 radical (unpaired) electrons. The van der Waals surface area contributed by atoms with Crippen LogP contribution >= 0.6 is 0 Å². The number of nitrogens with zero attached hydrogens (tertiary/aromatic N) is 1. The van der Waals surface area contributed by atoms with Crippen LogP contribution in [0.15, 0.2) is 29.4 Å². The van der Waals surface area contributed by atoms with E-state index in [1.807, 2.05) is 0 Å². The topological polar surface area (TPSA) is 70.9 Å². The number of amides is 1. The number of anilines is 1. The molecule has 0 spiro atoms. The third-order valence-corrected chi connectivity index (χ3v) is 1.83. The molecule has 80 valence electrons. The molecule has 5 heteroatoms. The Labute approximate surface area is 87.4 Å². The molecule has 0 saturated heterocycles. The van der Waals surface area contributed by atoms with Crippen molar-refractivity contribution in [2.45, 2.75) is 6.92 Å². The van der Waals surface area contributed by atoms with Crippen LogP contribution in [-0.2, 0) is 4.79 Å². The fourth-order valence-corrected chi connectivity index (χ4v) is 0.941. The van der Waals surface area contributed by atoms with Crippen LogP contribution in [0, 0.1) is 0 Å². The predicted octanol–water partition coefficient (Wildman–Crippen LogP) is 1.48. The Balaban J connectivity index is 2.69. The molecular weight excluding hydrogens is 196 g/mol. The van der Waals surface area contributed by atoms with E-state index in [2.05, 4.69) is 10.5 Å². The Morgan fingerprint density at radius 1 is 1.40 bits per heavy atom. The smallest absolute Gasteiger partial charge is 0.273 e. The van der Waals surface area contributed by atoms with Gasteiger partial charge in [0, 0.05) is 5.69 Å². The Hall–Kier alpha value is -2.04. The average molecular weight is 208 g/mol. The first-order valence-corrected chi connectivity index (χ1v) is 4.31. The number of carbonyl (C=O) groups is 1. The summed E-state index contributed by atoms with van der Waals surface area (Å²) in [7, 11) is 1.57. The quantitative estimate of drug-likeness (QED) is 0.449. The van der Waals surface area contributed by atoms with Crippen molar-refractivity contribution >= 4 is 17.3 Å². The van der Waals surface area contributed by atoms with Gasteiger partial charge in [0.15, 0.2) is 0 Å². The van der Waals surface area contributed by atoms with Gasteiger partial charge in [-0.1, -0.05) is 5.16 Å². The lowest BCUT2D eigenvalue weighted by atomic mass is 10.3. The molecule has 1 aromatic carbocycles. The summed E-state index contributed by atoms with van der Waals surface area (Å²) < 4.78 is 4.97. The summed E-state index contributed by atoms with van der Waals surface area (Å²) in [6, 6.07) is 6.84. The average Bonchev–Trinajstić information content (AvgIpc) is 2.29. The Morgan fingerprint density at radius 3 is 2.47 bits per heavy atom. The maximum Gasteiger partial charge on any atom is 0.273 e. The fraction of sp³-hybridized carbons (Fsp3) is 0.200. The van der Waals surface area contributed by atoms with Gasteiger partial charge in [0.1, 0.15) is 11.5 Å². The van der Waals surface area contributed by atoms with Crippen LogP contribution in [0.5, 0.6) is 5.75 Å². The Morgan fingerprint density at radius 2 is 2.00 bits per heavy atom. The second-order valence-corrected chi connectivity index (χ2v) is 2.87. The maximum atomic E-state index is 11.3. The van der Waals surface area contributed by atoms with Crippen LogP contribution in [0.2, 0.25) is 0 Å². The zero-order chi connectivity index (χ0) is 11.3. The molecule has 15 heavy (non-hydrogen) atoms. The van der Waals surface area contributed by atoms with E-state index in [1.54, 1.807) is 31.4 Å². The standard InChI is InChI=1S/C10H12N2O3/c1-7(12-14)10(13)11-8-3-5-9(15-2)6-4-8/h3-6,14H,1-2H3,(H,11,13)/b12-7+. The summed E-state index contributed by atoms with van der Waals surface area (Å²) >= 11 is 0. The molecule has 0 saturated carbocycles. The number of rotatable bonds is 3. The van der Waals surface area contributed by atoms with Crippen molar-refractivity contribution in [3.8, 4) is 5.75 Å². The number of oxime groups is 1. The van der Waals surface area contributed by atoms with E-state index in [-0.39, 0.29) is 5.71 Å². The van der Waals surface area contributed by atoms with E-state index in [0.29, 0.717) is 11.4 Å². The summed E-state index contributed by atoms with van der Waals surface area (Å²) in [4.78, 5) is 11.3. The SMILES string of the molecule is COc1ccc(NC(=O)/C(C)=N/O)cc1. The van der Waals surface area contributed by atoms with Crippen LogP contribution < -0.4 is 10.1 Å². The summed E-state index contributed by atoms with van der Waals surface area (Å²) in [5.74, 6) is 0.267. The van der Waals surface area contributed by atoms with E-state index in [0.717, 1.165) is 0 Å². The fourth-order valence-electron chi connectivity index (χ4n) is 0.941. The molecule has 0 aromatic heterocycles. The highest BCUT2D eigenvalue weighted by Gasteiger charge is 2.06. The van der Waals surface area contributed by atoms with Crippen LogP contribution in [0.4, 0.5) is 5.69 Å². The highest BCUT2D eigenvalue weighted by Crippen LogP contribution is 2.14. The van der Waals surface area contributed by atoms with Gasteiger partial charge in [-0.05, 0) is 31.2 Å². The molecule has 0 heterocycles. The van der Waals surface area contributed by atoms with Gasteiger partial charge in [0.05, 0.1) is 7.11 Å². The third-order valence-electron chi connectivity index (χ3n) is 1.83. The van der Waals surface area contributed by atoms with E-state index in [4.69, 9.17) is 9.94 Å². The van der Waals surface area contributed by atoms with E-state index in [1.165, 1.54) is 6.92 Å². The van der Waals surface area contributed by atoms with Gasteiger partial charge in [0.2, 0.25) is 0 Å². The van der Waals surface area contributed by atoms with Crippen molar-refractivity contribution < 1.29 is 14.7 Å². The molecule has 5 nitrogen and oxygen atoms in total. The first kappa shape index (κ1) is 11.0. The van der Waals surface area contributed by atoms with Crippen LogP contribution in [0.1, 0.15) is 6.92 Å². The second-order valence-electron chi connectivity index (χ2n) is 2.87. The number of hydrogen-bond acceptors (Lipinski definition) is 4. The minimum absolute atomic E-state index is 0.00539.